The van der Waals surface area contributed by atoms with Crippen molar-refractivity contribution in [3.8, 4) is 6.07 Å². The van der Waals surface area contributed by atoms with Crippen LogP contribution >= 0.6 is 0 Å². The van der Waals surface area contributed by atoms with E-state index >= 15 is 0 Å². The van der Waals surface area contributed by atoms with E-state index in [1.165, 1.54) is 44.7 Å². The summed E-state index contributed by atoms with van der Waals surface area (Å²) in [5, 5.41) is 18.2. The lowest BCUT2D eigenvalue weighted by atomic mass is 9.79. The first-order valence-electron chi connectivity index (χ1n) is 7.75. The first-order chi connectivity index (χ1) is 10.5. The number of hydrogen-bond acceptors (Lipinski definition) is 5. The van der Waals surface area contributed by atoms with Crippen LogP contribution < -0.4 is 4.90 Å². The molecule has 1 aromatic heterocycles. The average Bonchev–Trinajstić information content (AvgIpc) is 3.28. The first-order valence-corrected chi connectivity index (χ1v) is 7.75. The van der Waals surface area contributed by atoms with Crippen LogP contribution in [0.5, 0.6) is 0 Å². The van der Waals surface area contributed by atoms with Crippen molar-refractivity contribution in [2.24, 2.45) is 11.3 Å². The highest BCUT2D eigenvalue weighted by atomic mass is 16.4. The number of nitriles is 1. The second-order valence-electron chi connectivity index (χ2n) is 6.67. The topological polar surface area (TPSA) is 90.1 Å². The van der Waals surface area contributed by atoms with Gasteiger partial charge in [-0.15, -0.1) is 0 Å². The summed E-state index contributed by atoms with van der Waals surface area (Å²) in [7, 11) is 1.84. The third-order valence-corrected chi connectivity index (χ3v) is 5.12. The Bertz CT molecular complexity index is 624. The maximum atomic E-state index is 11.3. The minimum Gasteiger partial charge on any atom is -0.477 e. The van der Waals surface area contributed by atoms with E-state index in [0.29, 0.717) is 17.2 Å². The molecule has 1 spiro atoms. The Balaban J connectivity index is 1.72. The molecule has 2 fully saturated rings. The molecule has 3 rings (SSSR count). The van der Waals surface area contributed by atoms with Crippen molar-refractivity contribution < 1.29 is 9.90 Å². The fraction of sp³-hybridized carbons (Fsp3) is 0.625. The van der Waals surface area contributed by atoms with Crippen molar-refractivity contribution in [3.05, 3.63) is 17.6 Å². The number of hydrogen-bond donors (Lipinski definition) is 1. The van der Waals surface area contributed by atoms with Gasteiger partial charge in [0.05, 0.1) is 0 Å². The lowest BCUT2D eigenvalue weighted by Gasteiger charge is -2.32. The summed E-state index contributed by atoms with van der Waals surface area (Å²) in [6, 6.07) is 1.87. The average molecular weight is 300 g/mol. The normalized spacial score (nSPS) is 19.6. The molecule has 0 atom stereocenters. The van der Waals surface area contributed by atoms with E-state index in [0.717, 1.165) is 6.54 Å². The standard InChI is InChI=1S/C16H20N4O2/c1-20(10-11-2-4-16(5-3-11)6-7-16)14-12(15(21)22)9-18-13(8-17)19-14/h9,11H,2-7,10H2,1H3,(H,21,22). The molecule has 0 unspecified atom stereocenters. The molecule has 22 heavy (non-hydrogen) atoms. The van der Waals surface area contributed by atoms with Gasteiger partial charge in [0, 0.05) is 19.8 Å². The Morgan fingerprint density at radius 3 is 2.68 bits per heavy atom. The third kappa shape index (κ3) is 2.89. The van der Waals surface area contributed by atoms with Crippen LogP contribution in [0.2, 0.25) is 0 Å². The molecule has 1 aromatic rings. The number of carboxylic acids is 1. The van der Waals surface area contributed by atoms with Gasteiger partial charge in [0.15, 0.2) is 0 Å². The number of anilines is 1. The summed E-state index contributed by atoms with van der Waals surface area (Å²) in [5.41, 5.74) is 0.709. The van der Waals surface area contributed by atoms with Gasteiger partial charge in [-0.25, -0.2) is 14.8 Å². The van der Waals surface area contributed by atoms with Gasteiger partial charge in [0.1, 0.15) is 17.5 Å². The monoisotopic (exact) mass is 300 g/mol. The summed E-state index contributed by atoms with van der Waals surface area (Å²) in [5.74, 6) is -0.150. The summed E-state index contributed by atoms with van der Waals surface area (Å²) in [6.45, 7) is 0.776. The largest absolute Gasteiger partial charge is 0.477 e. The van der Waals surface area contributed by atoms with Gasteiger partial charge >= 0.3 is 5.97 Å². The van der Waals surface area contributed by atoms with E-state index in [1.807, 2.05) is 18.0 Å². The van der Waals surface area contributed by atoms with Crippen molar-refractivity contribution >= 4 is 11.8 Å². The summed E-state index contributed by atoms with van der Waals surface area (Å²) in [4.78, 5) is 21.0. The van der Waals surface area contributed by atoms with Crippen molar-refractivity contribution in [1.29, 1.82) is 5.26 Å². The summed E-state index contributed by atoms with van der Waals surface area (Å²) >= 11 is 0. The smallest absolute Gasteiger partial charge is 0.341 e. The molecule has 0 bridgehead atoms. The second kappa shape index (κ2) is 5.56. The molecule has 0 aromatic carbocycles. The molecule has 6 heteroatoms. The van der Waals surface area contributed by atoms with Gasteiger partial charge in [-0.05, 0) is 49.9 Å². The molecule has 0 radical (unpaired) electrons. The number of nitrogens with zero attached hydrogens (tertiary/aromatic N) is 4. The third-order valence-electron chi connectivity index (χ3n) is 5.12. The molecule has 116 valence electrons. The van der Waals surface area contributed by atoms with Gasteiger partial charge in [-0.2, -0.15) is 5.26 Å². The van der Waals surface area contributed by atoms with E-state index < -0.39 is 5.97 Å². The SMILES string of the molecule is CN(CC1CCC2(CC1)CC2)c1nc(C#N)ncc1C(=O)O. The van der Waals surface area contributed by atoms with Crippen molar-refractivity contribution in [1.82, 2.24) is 9.97 Å². The van der Waals surface area contributed by atoms with E-state index in [-0.39, 0.29) is 11.4 Å². The molecule has 2 aliphatic rings. The Morgan fingerprint density at radius 1 is 1.45 bits per heavy atom. The van der Waals surface area contributed by atoms with Crippen LogP contribution in [-0.2, 0) is 0 Å². The van der Waals surface area contributed by atoms with Crippen LogP contribution in [0.15, 0.2) is 6.20 Å². The van der Waals surface area contributed by atoms with Gasteiger partial charge in [-0.3, -0.25) is 0 Å². The predicted molar refractivity (Wildman–Crippen MR) is 80.6 cm³/mol. The molecule has 1 heterocycles. The highest BCUT2D eigenvalue weighted by Crippen LogP contribution is 2.57. The van der Waals surface area contributed by atoms with Crippen molar-refractivity contribution in [3.63, 3.8) is 0 Å². The zero-order chi connectivity index (χ0) is 15.7. The van der Waals surface area contributed by atoms with Crippen LogP contribution in [0.1, 0.15) is 54.7 Å². The molecular weight excluding hydrogens is 280 g/mol. The number of aromatic nitrogens is 2. The van der Waals surface area contributed by atoms with Crippen molar-refractivity contribution in [2.75, 3.05) is 18.5 Å². The van der Waals surface area contributed by atoms with E-state index in [1.54, 1.807) is 0 Å². The maximum Gasteiger partial charge on any atom is 0.341 e. The van der Waals surface area contributed by atoms with Gasteiger partial charge in [0.25, 0.3) is 0 Å². The predicted octanol–water partition coefficient (Wildman–Crippen LogP) is 2.45. The lowest BCUT2D eigenvalue weighted by Crippen LogP contribution is -2.30. The quantitative estimate of drug-likeness (QED) is 0.918. The molecule has 1 N–H and O–H groups in total. The minimum atomic E-state index is -1.06. The van der Waals surface area contributed by atoms with Crippen LogP contribution in [0, 0.1) is 22.7 Å². The fourth-order valence-corrected chi connectivity index (χ4v) is 3.49. The number of carboxylic acid groups (broad SMARTS) is 1. The molecule has 2 aliphatic carbocycles. The molecular formula is C16H20N4O2. The maximum absolute atomic E-state index is 11.3. The highest BCUT2D eigenvalue weighted by molar-refractivity contribution is 5.92. The van der Waals surface area contributed by atoms with Gasteiger partial charge in [-0.1, -0.05) is 0 Å². The molecule has 0 aliphatic heterocycles. The Morgan fingerprint density at radius 2 is 2.14 bits per heavy atom. The molecule has 0 amide bonds. The van der Waals surface area contributed by atoms with E-state index in [4.69, 9.17) is 5.26 Å². The first kappa shape index (κ1) is 14.8. The van der Waals surface area contributed by atoms with E-state index in [9.17, 15) is 9.90 Å². The van der Waals surface area contributed by atoms with Crippen molar-refractivity contribution in [2.45, 2.75) is 38.5 Å². The number of aromatic carboxylic acids is 1. The van der Waals surface area contributed by atoms with E-state index in [2.05, 4.69) is 9.97 Å². The Labute approximate surface area is 129 Å². The Kier molecular flexibility index (Phi) is 3.73. The van der Waals surface area contributed by atoms with Gasteiger partial charge in [0.2, 0.25) is 5.82 Å². The zero-order valence-corrected chi connectivity index (χ0v) is 12.7. The summed E-state index contributed by atoms with van der Waals surface area (Å²) < 4.78 is 0. The van der Waals surface area contributed by atoms with Crippen LogP contribution in [0.3, 0.4) is 0 Å². The molecule has 6 nitrogen and oxygen atoms in total. The highest BCUT2D eigenvalue weighted by Gasteiger charge is 2.44. The van der Waals surface area contributed by atoms with Crippen LogP contribution in [0.4, 0.5) is 5.82 Å². The number of rotatable bonds is 4. The zero-order valence-electron chi connectivity index (χ0n) is 12.7. The van der Waals surface area contributed by atoms with Gasteiger partial charge < -0.3 is 10.0 Å². The molecule has 2 saturated carbocycles. The number of carbonyl (C=O) groups is 1. The molecule has 0 saturated heterocycles. The minimum absolute atomic E-state index is 0.00688. The van der Waals surface area contributed by atoms with Crippen LogP contribution in [0.25, 0.3) is 0 Å². The van der Waals surface area contributed by atoms with Crippen LogP contribution in [-0.4, -0.2) is 34.6 Å². The summed E-state index contributed by atoms with van der Waals surface area (Å²) in [6.07, 6.45) is 8.98. The lowest BCUT2D eigenvalue weighted by molar-refractivity contribution is 0.0696. The second-order valence-corrected chi connectivity index (χ2v) is 6.67. The Hall–Kier alpha value is -2.16. The fourth-order valence-electron chi connectivity index (χ4n) is 3.49.